The Kier molecular flexibility index (Phi) is 7.28. The van der Waals surface area contributed by atoms with Crippen LogP contribution in [0.15, 0.2) is 0 Å². The lowest BCUT2D eigenvalue weighted by molar-refractivity contribution is 0.225. The highest BCUT2D eigenvalue weighted by Gasteiger charge is 2.34. The minimum absolute atomic E-state index is 0.162. The summed E-state index contributed by atoms with van der Waals surface area (Å²) in [6.45, 7) is 4.24. The van der Waals surface area contributed by atoms with E-state index in [4.69, 9.17) is 0 Å². The summed E-state index contributed by atoms with van der Waals surface area (Å²) >= 11 is 0. The molecule has 0 spiro atoms. The number of unbranched alkanes of at least 4 members (excludes halogenated alkanes) is 1. The Labute approximate surface area is 118 Å². The van der Waals surface area contributed by atoms with Crippen LogP contribution in [0.1, 0.15) is 45.4 Å². The lowest BCUT2D eigenvalue weighted by Gasteiger charge is -2.37. The third kappa shape index (κ3) is 4.70. The second kappa shape index (κ2) is 8.19. The number of hydrogen-bond donors (Lipinski definition) is 1. The van der Waals surface area contributed by atoms with Crippen LogP contribution in [-0.4, -0.2) is 56.8 Å². The third-order valence-corrected chi connectivity index (χ3v) is 5.86. The van der Waals surface area contributed by atoms with Gasteiger partial charge in [-0.15, -0.1) is 0 Å². The summed E-state index contributed by atoms with van der Waals surface area (Å²) in [5.41, 5.74) is 0. The molecule has 1 fully saturated rings. The highest BCUT2D eigenvalue weighted by Crippen LogP contribution is 2.24. The van der Waals surface area contributed by atoms with Crippen molar-refractivity contribution in [3.63, 3.8) is 0 Å². The van der Waals surface area contributed by atoms with Crippen molar-refractivity contribution >= 4 is 10.2 Å². The van der Waals surface area contributed by atoms with Gasteiger partial charge >= 0.3 is 0 Å². The minimum Gasteiger partial charge on any atom is -0.320 e. The molecule has 1 N–H and O–H groups in total. The standard InChI is InChI=1S/C13H29N3O2S/c1-4-5-11-15(3)19(17,18)16-12-7-6-8-13(16)9-10-14-2/h13-14H,4-12H2,1-3H3. The smallest absolute Gasteiger partial charge is 0.281 e. The Morgan fingerprint density at radius 1 is 1.37 bits per heavy atom. The maximum absolute atomic E-state index is 12.6. The van der Waals surface area contributed by atoms with E-state index < -0.39 is 10.2 Å². The van der Waals surface area contributed by atoms with Crippen LogP contribution >= 0.6 is 0 Å². The molecule has 1 heterocycles. The molecule has 0 saturated carbocycles. The van der Waals surface area contributed by atoms with E-state index in [1.807, 2.05) is 7.05 Å². The summed E-state index contributed by atoms with van der Waals surface area (Å²) in [5, 5.41) is 3.12. The van der Waals surface area contributed by atoms with Crippen molar-refractivity contribution in [2.45, 2.75) is 51.5 Å². The van der Waals surface area contributed by atoms with Crippen LogP contribution in [0.25, 0.3) is 0 Å². The molecule has 1 aliphatic rings. The van der Waals surface area contributed by atoms with Gasteiger partial charge in [-0.3, -0.25) is 0 Å². The SMILES string of the molecule is CCCCN(C)S(=O)(=O)N1CCCCC1CCNC. The van der Waals surface area contributed by atoms with Gasteiger partial charge in [0, 0.05) is 26.2 Å². The van der Waals surface area contributed by atoms with E-state index in [0.29, 0.717) is 13.1 Å². The van der Waals surface area contributed by atoms with Crippen molar-refractivity contribution in [3.05, 3.63) is 0 Å². The first-order valence-corrected chi connectivity index (χ1v) is 8.81. The third-order valence-electron chi connectivity index (χ3n) is 3.82. The quantitative estimate of drug-likeness (QED) is 0.736. The summed E-state index contributed by atoms with van der Waals surface area (Å²) in [6, 6.07) is 0.162. The van der Waals surface area contributed by atoms with Crippen LogP contribution in [0.4, 0.5) is 0 Å². The molecular formula is C13H29N3O2S. The topological polar surface area (TPSA) is 52.7 Å². The van der Waals surface area contributed by atoms with Gasteiger partial charge in [0.05, 0.1) is 0 Å². The Morgan fingerprint density at radius 2 is 2.11 bits per heavy atom. The van der Waals surface area contributed by atoms with Crippen molar-refractivity contribution in [3.8, 4) is 0 Å². The van der Waals surface area contributed by atoms with Crippen LogP contribution in [-0.2, 0) is 10.2 Å². The molecule has 1 atom stereocenters. The summed E-state index contributed by atoms with van der Waals surface area (Å²) in [5.74, 6) is 0. The molecule has 1 saturated heterocycles. The first-order valence-electron chi connectivity index (χ1n) is 7.41. The van der Waals surface area contributed by atoms with E-state index in [1.165, 1.54) is 4.31 Å². The molecule has 0 aromatic rings. The summed E-state index contributed by atoms with van der Waals surface area (Å²) in [7, 11) is 0.340. The molecule has 5 nitrogen and oxygen atoms in total. The first kappa shape index (κ1) is 16.9. The van der Waals surface area contributed by atoms with Gasteiger partial charge in [0.2, 0.25) is 0 Å². The highest BCUT2D eigenvalue weighted by molar-refractivity contribution is 7.86. The van der Waals surface area contributed by atoms with E-state index in [1.54, 1.807) is 11.4 Å². The predicted octanol–water partition coefficient (Wildman–Crippen LogP) is 1.43. The van der Waals surface area contributed by atoms with Crippen LogP contribution < -0.4 is 5.32 Å². The lowest BCUT2D eigenvalue weighted by Crippen LogP contribution is -2.50. The Balaban J connectivity index is 2.71. The second-order valence-corrected chi connectivity index (χ2v) is 7.32. The molecule has 0 bridgehead atoms. The van der Waals surface area contributed by atoms with Crippen molar-refractivity contribution in [2.75, 3.05) is 33.7 Å². The van der Waals surface area contributed by atoms with Gasteiger partial charge in [-0.2, -0.15) is 17.0 Å². The predicted molar refractivity (Wildman–Crippen MR) is 79.3 cm³/mol. The molecule has 0 aromatic carbocycles. The van der Waals surface area contributed by atoms with Gasteiger partial charge in [-0.25, -0.2) is 0 Å². The number of nitrogens with zero attached hydrogens (tertiary/aromatic N) is 2. The zero-order valence-corrected chi connectivity index (χ0v) is 13.4. The second-order valence-electron chi connectivity index (χ2n) is 5.34. The average molecular weight is 291 g/mol. The number of piperidine rings is 1. The van der Waals surface area contributed by atoms with E-state index in [0.717, 1.165) is 45.1 Å². The normalized spacial score (nSPS) is 22.0. The molecule has 0 aromatic heterocycles. The minimum atomic E-state index is -3.27. The number of hydrogen-bond acceptors (Lipinski definition) is 3. The monoisotopic (exact) mass is 291 g/mol. The van der Waals surface area contributed by atoms with Crippen LogP contribution in [0.5, 0.6) is 0 Å². The molecular weight excluding hydrogens is 262 g/mol. The fourth-order valence-electron chi connectivity index (χ4n) is 2.55. The molecule has 1 unspecified atom stereocenters. The first-order chi connectivity index (χ1) is 9.04. The van der Waals surface area contributed by atoms with Crippen LogP contribution in [0, 0.1) is 0 Å². The molecule has 0 radical (unpaired) electrons. The zero-order chi connectivity index (χ0) is 14.3. The molecule has 6 heteroatoms. The van der Waals surface area contributed by atoms with Crippen molar-refractivity contribution < 1.29 is 8.42 Å². The van der Waals surface area contributed by atoms with Gasteiger partial charge in [-0.1, -0.05) is 19.8 Å². The Hall–Kier alpha value is -0.170. The zero-order valence-electron chi connectivity index (χ0n) is 12.6. The molecule has 0 amide bonds. The van der Waals surface area contributed by atoms with E-state index >= 15 is 0 Å². The van der Waals surface area contributed by atoms with Crippen LogP contribution in [0.2, 0.25) is 0 Å². The van der Waals surface area contributed by atoms with Crippen molar-refractivity contribution in [2.24, 2.45) is 0 Å². The van der Waals surface area contributed by atoms with E-state index in [9.17, 15) is 8.42 Å². The lowest BCUT2D eigenvalue weighted by atomic mass is 10.0. The summed E-state index contributed by atoms with van der Waals surface area (Å²) in [6.07, 6.45) is 5.95. The Morgan fingerprint density at radius 3 is 2.74 bits per heavy atom. The van der Waals surface area contributed by atoms with E-state index in [2.05, 4.69) is 12.2 Å². The maximum atomic E-state index is 12.6. The average Bonchev–Trinajstić information content (AvgIpc) is 2.42. The van der Waals surface area contributed by atoms with Crippen molar-refractivity contribution in [1.29, 1.82) is 0 Å². The van der Waals surface area contributed by atoms with Crippen LogP contribution in [0.3, 0.4) is 0 Å². The van der Waals surface area contributed by atoms with E-state index in [-0.39, 0.29) is 6.04 Å². The Bertz CT molecular complexity index is 346. The maximum Gasteiger partial charge on any atom is 0.281 e. The largest absolute Gasteiger partial charge is 0.320 e. The number of rotatable bonds is 8. The van der Waals surface area contributed by atoms with Gasteiger partial charge in [-0.05, 0) is 39.3 Å². The van der Waals surface area contributed by atoms with Gasteiger partial charge < -0.3 is 5.32 Å². The molecule has 1 aliphatic heterocycles. The number of nitrogens with one attached hydrogen (secondary N) is 1. The molecule has 19 heavy (non-hydrogen) atoms. The summed E-state index contributed by atoms with van der Waals surface area (Å²) in [4.78, 5) is 0. The molecule has 0 aliphatic carbocycles. The highest BCUT2D eigenvalue weighted by atomic mass is 32.2. The fourth-order valence-corrected chi connectivity index (χ4v) is 4.22. The molecule has 114 valence electrons. The van der Waals surface area contributed by atoms with Crippen molar-refractivity contribution in [1.82, 2.24) is 13.9 Å². The summed E-state index contributed by atoms with van der Waals surface area (Å²) < 4.78 is 28.4. The van der Waals surface area contributed by atoms with Gasteiger partial charge in [0.15, 0.2) is 0 Å². The van der Waals surface area contributed by atoms with Gasteiger partial charge in [0.25, 0.3) is 10.2 Å². The van der Waals surface area contributed by atoms with Gasteiger partial charge in [0.1, 0.15) is 0 Å². The fraction of sp³-hybridized carbons (Fsp3) is 1.00. The molecule has 1 rings (SSSR count).